The van der Waals surface area contributed by atoms with E-state index in [9.17, 15) is 14.3 Å². The second-order valence-corrected chi connectivity index (χ2v) is 6.41. The number of hydrogen-bond acceptors (Lipinski definition) is 2. The molecule has 2 aliphatic rings. The molecule has 0 heterocycles. The molecule has 3 heteroatoms. The monoisotopic (exact) mass is 256 g/mol. The normalized spacial score (nSPS) is 45.8. The smallest absolute Gasteiger partial charge is 0.135 e. The molecule has 1 N–H and O–H groups in total. The molecular weight excluding hydrogens is 231 g/mol. The Hall–Kier alpha value is -0.440. The number of halogens is 1. The predicted molar refractivity (Wildman–Crippen MR) is 68.9 cm³/mol. The third kappa shape index (κ3) is 2.93. The Bertz CT molecular complexity index is 305. The number of carbonyl (C=O) groups excluding carboxylic acids is 1. The summed E-state index contributed by atoms with van der Waals surface area (Å²) in [5, 5.41) is 9.88. The Morgan fingerprint density at radius 3 is 2.50 bits per heavy atom. The minimum atomic E-state index is -0.631. The van der Waals surface area contributed by atoms with Crippen LogP contribution in [0.4, 0.5) is 4.39 Å². The van der Waals surface area contributed by atoms with Crippen LogP contribution < -0.4 is 0 Å². The van der Waals surface area contributed by atoms with Gasteiger partial charge in [0.2, 0.25) is 0 Å². The van der Waals surface area contributed by atoms with E-state index < -0.39 is 12.3 Å². The van der Waals surface area contributed by atoms with E-state index >= 15 is 0 Å². The summed E-state index contributed by atoms with van der Waals surface area (Å²) in [6.07, 6.45) is 3.76. The topological polar surface area (TPSA) is 37.3 Å². The predicted octanol–water partition coefficient (Wildman–Crippen LogP) is 3.13. The van der Waals surface area contributed by atoms with Crippen LogP contribution >= 0.6 is 0 Å². The van der Waals surface area contributed by atoms with E-state index in [1.165, 1.54) is 0 Å². The standard InChI is InChI=1S/C15H25FO2/c1-9-7-12(16)4-5-13(9)11-3-6-15(18)14(8-11)10(2)17/h9,11-15,18H,3-8H2,1-2H3. The Balaban J connectivity index is 1.99. The van der Waals surface area contributed by atoms with Crippen molar-refractivity contribution in [2.24, 2.45) is 23.7 Å². The molecule has 18 heavy (non-hydrogen) atoms. The fourth-order valence-corrected chi connectivity index (χ4v) is 4.07. The molecule has 0 radical (unpaired) electrons. The molecule has 0 saturated heterocycles. The Labute approximate surface area is 109 Å². The first-order valence-electron chi connectivity index (χ1n) is 7.31. The van der Waals surface area contributed by atoms with Crippen molar-refractivity contribution in [1.82, 2.24) is 0 Å². The van der Waals surface area contributed by atoms with Crippen molar-refractivity contribution in [1.29, 1.82) is 0 Å². The van der Waals surface area contributed by atoms with Crippen LogP contribution in [0.5, 0.6) is 0 Å². The van der Waals surface area contributed by atoms with E-state index in [0.29, 0.717) is 30.6 Å². The van der Waals surface area contributed by atoms with Gasteiger partial charge in [0.25, 0.3) is 0 Å². The van der Waals surface area contributed by atoms with E-state index in [4.69, 9.17) is 0 Å². The lowest BCUT2D eigenvalue weighted by Gasteiger charge is -2.41. The lowest BCUT2D eigenvalue weighted by atomic mass is 9.65. The Morgan fingerprint density at radius 2 is 1.89 bits per heavy atom. The number of hydrogen-bond donors (Lipinski definition) is 1. The van der Waals surface area contributed by atoms with Crippen LogP contribution in [0.1, 0.15) is 52.4 Å². The highest BCUT2D eigenvalue weighted by Crippen LogP contribution is 2.43. The summed E-state index contributed by atoms with van der Waals surface area (Å²) in [6, 6.07) is 0. The summed E-state index contributed by atoms with van der Waals surface area (Å²) in [5.41, 5.74) is 0. The quantitative estimate of drug-likeness (QED) is 0.824. The van der Waals surface area contributed by atoms with E-state index in [0.717, 1.165) is 25.7 Å². The highest BCUT2D eigenvalue weighted by atomic mass is 19.1. The van der Waals surface area contributed by atoms with E-state index in [-0.39, 0.29) is 11.7 Å². The molecule has 6 unspecified atom stereocenters. The van der Waals surface area contributed by atoms with Crippen LogP contribution in [0.2, 0.25) is 0 Å². The maximum atomic E-state index is 13.3. The summed E-state index contributed by atoms with van der Waals surface area (Å²) in [4.78, 5) is 11.6. The molecule has 2 aliphatic carbocycles. The van der Waals surface area contributed by atoms with Crippen LogP contribution in [0.3, 0.4) is 0 Å². The largest absolute Gasteiger partial charge is 0.392 e. The number of rotatable bonds is 2. The zero-order chi connectivity index (χ0) is 13.3. The molecule has 0 bridgehead atoms. The fraction of sp³-hybridized carbons (Fsp3) is 0.933. The van der Waals surface area contributed by atoms with Gasteiger partial charge >= 0.3 is 0 Å². The third-order valence-electron chi connectivity index (χ3n) is 5.15. The molecule has 2 saturated carbocycles. The molecule has 2 nitrogen and oxygen atoms in total. The second kappa shape index (κ2) is 5.68. The summed E-state index contributed by atoms with van der Waals surface area (Å²) in [7, 11) is 0. The lowest BCUT2D eigenvalue weighted by Crippen LogP contribution is -2.39. The number of ketones is 1. The number of aliphatic hydroxyl groups excluding tert-OH is 1. The van der Waals surface area contributed by atoms with Gasteiger partial charge in [0.1, 0.15) is 12.0 Å². The molecule has 0 aromatic carbocycles. The fourth-order valence-electron chi connectivity index (χ4n) is 4.07. The maximum absolute atomic E-state index is 13.3. The van der Waals surface area contributed by atoms with Gasteiger partial charge in [-0.25, -0.2) is 4.39 Å². The van der Waals surface area contributed by atoms with Crippen LogP contribution in [0, 0.1) is 23.7 Å². The molecule has 0 aromatic heterocycles. The zero-order valence-corrected chi connectivity index (χ0v) is 11.4. The minimum Gasteiger partial charge on any atom is -0.392 e. The summed E-state index contributed by atoms with van der Waals surface area (Å²) >= 11 is 0. The maximum Gasteiger partial charge on any atom is 0.135 e. The number of Topliss-reactive ketones (excluding diaryl/α,β-unsaturated/α-hetero) is 1. The van der Waals surface area contributed by atoms with Crippen LogP contribution in [0.15, 0.2) is 0 Å². The highest BCUT2D eigenvalue weighted by Gasteiger charge is 2.39. The van der Waals surface area contributed by atoms with Gasteiger partial charge in [-0.2, -0.15) is 0 Å². The van der Waals surface area contributed by atoms with Crippen molar-refractivity contribution in [2.75, 3.05) is 0 Å². The van der Waals surface area contributed by atoms with Gasteiger partial charge in [0.05, 0.1) is 6.10 Å². The molecule has 2 rings (SSSR count). The Kier molecular flexibility index (Phi) is 4.41. The second-order valence-electron chi connectivity index (χ2n) is 6.41. The minimum absolute atomic E-state index is 0.110. The first kappa shape index (κ1) is 14.0. The molecule has 104 valence electrons. The van der Waals surface area contributed by atoms with Crippen LogP contribution in [0.25, 0.3) is 0 Å². The average molecular weight is 256 g/mol. The van der Waals surface area contributed by atoms with Gasteiger partial charge in [0.15, 0.2) is 0 Å². The summed E-state index contributed by atoms with van der Waals surface area (Å²) in [6.45, 7) is 3.72. The van der Waals surface area contributed by atoms with Crippen molar-refractivity contribution in [3.05, 3.63) is 0 Å². The van der Waals surface area contributed by atoms with Gasteiger partial charge in [-0.1, -0.05) is 6.92 Å². The molecule has 0 spiro atoms. The van der Waals surface area contributed by atoms with Gasteiger partial charge in [-0.05, 0) is 63.2 Å². The van der Waals surface area contributed by atoms with Crippen molar-refractivity contribution < 1.29 is 14.3 Å². The molecular formula is C15H25FO2. The van der Waals surface area contributed by atoms with Crippen molar-refractivity contribution in [3.63, 3.8) is 0 Å². The van der Waals surface area contributed by atoms with Gasteiger partial charge in [0, 0.05) is 5.92 Å². The first-order chi connectivity index (χ1) is 8.49. The Morgan fingerprint density at radius 1 is 1.17 bits per heavy atom. The van der Waals surface area contributed by atoms with Gasteiger partial charge < -0.3 is 5.11 Å². The van der Waals surface area contributed by atoms with Crippen molar-refractivity contribution in [2.45, 2.75) is 64.6 Å². The highest BCUT2D eigenvalue weighted by molar-refractivity contribution is 5.79. The summed E-state index contributed by atoms with van der Waals surface area (Å²) in [5.74, 6) is 1.40. The molecule has 6 atom stereocenters. The first-order valence-corrected chi connectivity index (χ1v) is 7.31. The number of alkyl halides is 1. The molecule has 0 aromatic rings. The zero-order valence-electron chi connectivity index (χ0n) is 11.4. The SMILES string of the molecule is CC(=O)C1CC(C2CCC(F)CC2C)CCC1O. The van der Waals surface area contributed by atoms with E-state index in [1.807, 2.05) is 0 Å². The lowest BCUT2D eigenvalue weighted by molar-refractivity contribution is -0.127. The molecule has 2 fully saturated rings. The third-order valence-corrected chi connectivity index (χ3v) is 5.15. The van der Waals surface area contributed by atoms with Crippen LogP contribution in [-0.4, -0.2) is 23.2 Å². The van der Waals surface area contributed by atoms with Gasteiger partial charge in [-0.3, -0.25) is 4.79 Å². The van der Waals surface area contributed by atoms with Crippen molar-refractivity contribution >= 4 is 5.78 Å². The van der Waals surface area contributed by atoms with Crippen molar-refractivity contribution in [3.8, 4) is 0 Å². The van der Waals surface area contributed by atoms with E-state index in [2.05, 4.69) is 6.92 Å². The number of carbonyl (C=O) groups is 1. The molecule has 0 aliphatic heterocycles. The average Bonchev–Trinajstić information content (AvgIpc) is 2.30. The van der Waals surface area contributed by atoms with Gasteiger partial charge in [-0.15, -0.1) is 0 Å². The molecule has 0 amide bonds. The number of aliphatic hydroxyl groups is 1. The van der Waals surface area contributed by atoms with Crippen LogP contribution in [-0.2, 0) is 4.79 Å². The van der Waals surface area contributed by atoms with E-state index in [1.54, 1.807) is 6.92 Å². The summed E-state index contributed by atoms with van der Waals surface area (Å²) < 4.78 is 13.3.